The Morgan fingerprint density at radius 1 is 1.14 bits per heavy atom. The summed E-state index contributed by atoms with van der Waals surface area (Å²) in [5.41, 5.74) is 5.52. The minimum Gasteiger partial charge on any atom is -0.415 e. The number of hydrogen-bond donors (Lipinski definition) is 1. The molecule has 0 saturated carbocycles. The van der Waals surface area contributed by atoms with Crippen LogP contribution in [-0.4, -0.2) is 21.1 Å². The van der Waals surface area contributed by atoms with Gasteiger partial charge in [-0.2, -0.15) is 8.78 Å². The van der Waals surface area contributed by atoms with Gasteiger partial charge in [0, 0.05) is 17.2 Å². The molecule has 6 nitrogen and oxygen atoms in total. The van der Waals surface area contributed by atoms with E-state index in [0.29, 0.717) is 17.7 Å². The fourth-order valence-electron chi connectivity index (χ4n) is 3.04. The first-order valence-electron chi connectivity index (χ1n) is 8.50. The van der Waals surface area contributed by atoms with E-state index < -0.39 is 12.3 Å². The lowest BCUT2D eigenvalue weighted by atomic mass is 10.1. The van der Waals surface area contributed by atoms with Crippen LogP contribution in [0.4, 0.5) is 13.2 Å². The fraction of sp³-hybridized carbons (Fsp3) is 0.211. The molecule has 1 aliphatic rings. The number of carbonyl (C=O) groups excluding carboxylic acids is 1. The predicted octanol–water partition coefficient (Wildman–Crippen LogP) is 4.03. The predicted molar refractivity (Wildman–Crippen MR) is 92.5 cm³/mol. The number of hydrazine groups is 1. The van der Waals surface area contributed by atoms with Crippen LogP contribution in [0.25, 0.3) is 11.5 Å². The second-order valence-electron chi connectivity index (χ2n) is 6.41. The van der Waals surface area contributed by atoms with Gasteiger partial charge in [0.05, 0.1) is 6.54 Å². The maximum Gasteiger partial charge on any atom is 0.314 e. The maximum absolute atomic E-state index is 13.1. The number of aromatic nitrogens is 2. The Morgan fingerprint density at radius 3 is 2.57 bits per heavy atom. The maximum atomic E-state index is 13.1. The van der Waals surface area contributed by atoms with Crippen LogP contribution in [0.5, 0.6) is 0 Å². The standard InChI is InChI=1S/C19H15F3N4O2/c1-10(11-4-6-14(20)7-5-11)25-26-9-13-3-2-12(8-15(13)19(26)27)17-23-24-18(28-17)16(21)22/h2-8,10,16,25H,9H2,1H3. The van der Waals surface area contributed by atoms with Crippen LogP contribution in [0, 0.1) is 5.82 Å². The summed E-state index contributed by atoms with van der Waals surface area (Å²) in [6.07, 6.45) is -2.86. The van der Waals surface area contributed by atoms with Gasteiger partial charge in [-0.05, 0) is 42.3 Å². The normalized spacial score (nSPS) is 14.6. The van der Waals surface area contributed by atoms with Crippen molar-refractivity contribution in [1.82, 2.24) is 20.6 Å². The molecule has 1 amide bonds. The van der Waals surface area contributed by atoms with Crippen LogP contribution in [0.2, 0.25) is 0 Å². The molecule has 0 radical (unpaired) electrons. The van der Waals surface area contributed by atoms with E-state index in [2.05, 4.69) is 15.6 Å². The lowest BCUT2D eigenvalue weighted by Crippen LogP contribution is -2.39. The largest absolute Gasteiger partial charge is 0.415 e. The molecule has 1 N–H and O–H groups in total. The Labute approximate surface area is 158 Å². The third-order valence-corrected chi connectivity index (χ3v) is 4.51. The molecular weight excluding hydrogens is 373 g/mol. The van der Waals surface area contributed by atoms with Gasteiger partial charge >= 0.3 is 6.43 Å². The van der Waals surface area contributed by atoms with Crippen molar-refractivity contribution >= 4 is 5.91 Å². The number of hydrogen-bond acceptors (Lipinski definition) is 5. The zero-order valence-corrected chi connectivity index (χ0v) is 14.7. The second-order valence-corrected chi connectivity index (χ2v) is 6.41. The van der Waals surface area contributed by atoms with Crippen LogP contribution < -0.4 is 5.43 Å². The minimum absolute atomic E-state index is 0.0722. The van der Waals surface area contributed by atoms with Gasteiger partial charge in [-0.25, -0.2) is 9.82 Å². The first kappa shape index (κ1) is 18.2. The summed E-state index contributed by atoms with van der Waals surface area (Å²) >= 11 is 0. The van der Waals surface area contributed by atoms with E-state index in [1.165, 1.54) is 17.1 Å². The average Bonchev–Trinajstić information content (AvgIpc) is 3.28. The smallest absolute Gasteiger partial charge is 0.314 e. The van der Waals surface area contributed by atoms with E-state index in [1.807, 2.05) is 6.92 Å². The molecule has 3 aromatic rings. The number of alkyl halides is 2. The van der Waals surface area contributed by atoms with Crippen molar-refractivity contribution in [3.05, 3.63) is 70.9 Å². The van der Waals surface area contributed by atoms with E-state index in [9.17, 15) is 18.0 Å². The van der Waals surface area contributed by atoms with E-state index in [1.54, 1.807) is 30.3 Å². The Bertz CT molecular complexity index is 1020. The summed E-state index contributed by atoms with van der Waals surface area (Å²) in [5.74, 6) is -1.43. The summed E-state index contributed by atoms with van der Waals surface area (Å²) in [7, 11) is 0. The number of halogens is 3. The highest BCUT2D eigenvalue weighted by molar-refractivity contribution is 5.99. The van der Waals surface area contributed by atoms with Gasteiger partial charge in [-0.3, -0.25) is 9.80 Å². The Hall–Kier alpha value is -3.20. The van der Waals surface area contributed by atoms with Crippen LogP contribution in [0.1, 0.15) is 46.8 Å². The lowest BCUT2D eigenvalue weighted by molar-refractivity contribution is 0.0650. The SMILES string of the molecule is CC(NN1Cc2ccc(-c3nnc(C(F)F)o3)cc2C1=O)c1ccc(F)cc1. The van der Waals surface area contributed by atoms with Gasteiger partial charge in [-0.15, -0.1) is 10.2 Å². The highest BCUT2D eigenvalue weighted by Crippen LogP contribution is 2.29. The van der Waals surface area contributed by atoms with Gasteiger partial charge in [0.15, 0.2) is 0 Å². The van der Waals surface area contributed by atoms with Crippen LogP contribution in [0.15, 0.2) is 46.9 Å². The molecule has 1 atom stereocenters. The Balaban J connectivity index is 1.52. The Kier molecular flexibility index (Phi) is 4.60. The van der Waals surface area contributed by atoms with Gasteiger partial charge in [-0.1, -0.05) is 18.2 Å². The van der Waals surface area contributed by atoms with E-state index in [-0.39, 0.29) is 23.7 Å². The summed E-state index contributed by atoms with van der Waals surface area (Å²) in [5, 5.41) is 8.36. The quantitative estimate of drug-likeness (QED) is 0.714. The summed E-state index contributed by atoms with van der Waals surface area (Å²) < 4.78 is 43.3. The topological polar surface area (TPSA) is 71.3 Å². The first-order chi connectivity index (χ1) is 13.4. The molecule has 1 aliphatic heterocycles. The number of nitrogens with one attached hydrogen (secondary N) is 1. The number of benzene rings is 2. The molecule has 0 aliphatic carbocycles. The van der Waals surface area contributed by atoms with Crippen LogP contribution in [0.3, 0.4) is 0 Å². The average molecular weight is 388 g/mol. The lowest BCUT2D eigenvalue weighted by Gasteiger charge is -2.23. The molecule has 0 spiro atoms. The highest BCUT2D eigenvalue weighted by Gasteiger charge is 2.29. The molecule has 2 heterocycles. The van der Waals surface area contributed by atoms with Gasteiger partial charge < -0.3 is 4.42 Å². The van der Waals surface area contributed by atoms with Gasteiger partial charge in [0.25, 0.3) is 11.8 Å². The van der Waals surface area contributed by atoms with Crippen molar-refractivity contribution in [2.24, 2.45) is 0 Å². The second kappa shape index (κ2) is 7.08. The monoisotopic (exact) mass is 388 g/mol. The molecule has 1 aromatic heterocycles. The van der Waals surface area contributed by atoms with Crippen molar-refractivity contribution in [2.45, 2.75) is 25.9 Å². The molecule has 2 aromatic carbocycles. The van der Waals surface area contributed by atoms with Crippen molar-refractivity contribution < 1.29 is 22.4 Å². The van der Waals surface area contributed by atoms with Crippen molar-refractivity contribution in [2.75, 3.05) is 0 Å². The molecule has 1 unspecified atom stereocenters. The third-order valence-electron chi connectivity index (χ3n) is 4.51. The molecule has 0 saturated heterocycles. The van der Waals surface area contributed by atoms with E-state index >= 15 is 0 Å². The molecule has 0 fully saturated rings. The van der Waals surface area contributed by atoms with Crippen LogP contribution >= 0.6 is 0 Å². The number of carbonyl (C=O) groups is 1. The van der Waals surface area contributed by atoms with Crippen molar-refractivity contribution in [3.63, 3.8) is 0 Å². The molecule has 4 rings (SSSR count). The van der Waals surface area contributed by atoms with E-state index in [0.717, 1.165) is 11.1 Å². The fourth-order valence-corrected chi connectivity index (χ4v) is 3.04. The molecule has 0 bridgehead atoms. The molecular formula is C19H15F3N4O2. The van der Waals surface area contributed by atoms with Crippen molar-refractivity contribution in [1.29, 1.82) is 0 Å². The number of nitrogens with zero attached hydrogens (tertiary/aromatic N) is 3. The zero-order valence-electron chi connectivity index (χ0n) is 14.7. The molecule has 144 valence electrons. The first-order valence-corrected chi connectivity index (χ1v) is 8.50. The third kappa shape index (κ3) is 3.36. The zero-order chi connectivity index (χ0) is 19.8. The molecule has 28 heavy (non-hydrogen) atoms. The van der Waals surface area contributed by atoms with E-state index in [4.69, 9.17) is 4.42 Å². The van der Waals surface area contributed by atoms with Gasteiger partial charge in [0.2, 0.25) is 5.89 Å². The highest BCUT2D eigenvalue weighted by atomic mass is 19.3. The van der Waals surface area contributed by atoms with Crippen LogP contribution in [-0.2, 0) is 6.54 Å². The summed E-state index contributed by atoms with van der Waals surface area (Å²) in [6.45, 7) is 2.20. The molecule has 9 heteroatoms. The minimum atomic E-state index is -2.86. The van der Waals surface area contributed by atoms with Gasteiger partial charge in [0.1, 0.15) is 5.82 Å². The summed E-state index contributed by atoms with van der Waals surface area (Å²) in [6, 6.07) is 10.7. The number of rotatable bonds is 5. The number of amides is 1. The van der Waals surface area contributed by atoms with Crippen molar-refractivity contribution in [3.8, 4) is 11.5 Å². The summed E-state index contributed by atoms with van der Waals surface area (Å²) in [4.78, 5) is 12.7. The Morgan fingerprint density at radius 2 is 1.89 bits per heavy atom. The number of fused-ring (bicyclic) bond motifs is 1.